The highest BCUT2D eigenvalue weighted by Crippen LogP contribution is 2.29. The van der Waals surface area contributed by atoms with E-state index in [1.807, 2.05) is 30.3 Å². The maximum absolute atomic E-state index is 12.3. The van der Waals surface area contributed by atoms with Gasteiger partial charge < -0.3 is 18.4 Å². The number of methoxy groups -OCH3 is 1. The van der Waals surface area contributed by atoms with Crippen LogP contribution in [-0.2, 0) is 24.1 Å². The fourth-order valence-electron chi connectivity index (χ4n) is 3.93. The number of benzene rings is 2. The molecule has 0 saturated carbocycles. The molecule has 4 aromatic rings. The second kappa shape index (κ2) is 8.30. The third-order valence-corrected chi connectivity index (χ3v) is 5.54. The molecule has 0 aliphatic heterocycles. The van der Waals surface area contributed by atoms with Gasteiger partial charge in [-0.3, -0.25) is 4.79 Å². The topological polar surface area (TPSA) is 105 Å². The number of hydrogen-bond acceptors (Lipinski definition) is 8. The van der Waals surface area contributed by atoms with Crippen LogP contribution in [0, 0.1) is 0 Å². The fraction of sp³-hybridized carbons (Fsp3) is 0.250. The van der Waals surface area contributed by atoms with Crippen molar-refractivity contribution in [1.29, 1.82) is 0 Å². The van der Waals surface area contributed by atoms with Gasteiger partial charge in [-0.1, -0.05) is 5.16 Å². The Labute approximate surface area is 182 Å². The van der Waals surface area contributed by atoms with Crippen LogP contribution in [0.15, 0.2) is 56.2 Å². The molecule has 0 radical (unpaired) electrons. The molecule has 0 fully saturated rings. The minimum absolute atomic E-state index is 0.0659. The third kappa shape index (κ3) is 3.87. The van der Waals surface area contributed by atoms with Gasteiger partial charge in [0.25, 0.3) is 0 Å². The molecule has 0 spiro atoms. The predicted molar refractivity (Wildman–Crippen MR) is 115 cm³/mol. The number of aromatic nitrogens is 2. The van der Waals surface area contributed by atoms with E-state index in [1.165, 1.54) is 0 Å². The monoisotopic (exact) mass is 432 g/mol. The molecule has 0 unspecified atom stereocenters. The predicted octanol–water partition coefficient (Wildman–Crippen LogP) is 3.88. The van der Waals surface area contributed by atoms with Gasteiger partial charge in [-0.15, -0.1) is 0 Å². The van der Waals surface area contributed by atoms with Crippen LogP contribution >= 0.6 is 0 Å². The molecule has 0 atom stereocenters. The molecule has 2 aromatic carbocycles. The van der Waals surface area contributed by atoms with Crippen LogP contribution < -0.4 is 15.1 Å². The third-order valence-electron chi connectivity index (χ3n) is 5.54. The first-order valence-electron chi connectivity index (χ1n) is 10.4. The second-order valence-electron chi connectivity index (χ2n) is 7.57. The molecule has 32 heavy (non-hydrogen) atoms. The summed E-state index contributed by atoms with van der Waals surface area (Å²) >= 11 is 0. The Morgan fingerprint density at radius 1 is 1.06 bits per heavy atom. The van der Waals surface area contributed by atoms with Gasteiger partial charge in [0.15, 0.2) is 0 Å². The minimum atomic E-state index is -0.447. The highest BCUT2D eigenvalue weighted by Gasteiger charge is 2.20. The number of nitrogens with zero attached hydrogens (tertiary/aromatic N) is 2. The molecular weight excluding hydrogens is 412 g/mol. The zero-order chi connectivity index (χ0) is 22.1. The molecule has 0 saturated heterocycles. The van der Waals surface area contributed by atoms with E-state index in [-0.39, 0.29) is 18.5 Å². The summed E-state index contributed by atoms with van der Waals surface area (Å²) in [5.41, 5.74) is 2.71. The highest BCUT2D eigenvalue weighted by molar-refractivity contribution is 5.84. The van der Waals surface area contributed by atoms with Gasteiger partial charge in [0, 0.05) is 29.0 Å². The first kappa shape index (κ1) is 20.0. The van der Waals surface area contributed by atoms with E-state index in [0.717, 1.165) is 47.1 Å². The van der Waals surface area contributed by atoms with E-state index in [0.29, 0.717) is 23.0 Å². The van der Waals surface area contributed by atoms with E-state index < -0.39 is 5.97 Å². The summed E-state index contributed by atoms with van der Waals surface area (Å²) in [5.74, 6) is 1.39. The Balaban J connectivity index is 1.23. The zero-order valence-corrected chi connectivity index (χ0v) is 17.4. The molecule has 162 valence electrons. The van der Waals surface area contributed by atoms with E-state index in [4.69, 9.17) is 18.4 Å². The summed E-state index contributed by atoms with van der Waals surface area (Å²) in [6.07, 6.45) is 2.87. The van der Waals surface area contributed by atoms with Crippen molar-refractivity contribution in [3.63, 3.8) is 0 Å². The summed E-state index contributed by atoms with van der Waals surface area (Å²) in [5, 5.41) is 4.85. The van der Waals surface area contributed by atoms with E-state index >= 15 is 0 Å². The summed E-state index contributed by atoms with van der Waals surface area (Å²) < 4.78 is 21.2. The molecular formula is C24H20N2O6. The molecule has 1 aliphatic rings. The average molecular weight is 432 g/mol. The van der Waals surface area contributed by atoms with Crippen LogP contribution in [0.4, 0.5) is 0 Å². The largest absolute Gasteiger partial charge is 0.497 e. The number of fused-ring (bicyclic) bond motifs is 3. The number of esters is 1. The molecule has 2 aromatic heterocycles. The molecule has 2 heterocycles. The Kier molecular flexibility index (Phi) is 5.18. The first-order chi connectivity index (χ1) is 15.6. The SMILES string of the molecule is COc1ccc(-c2noc(CCC(=O)Oc3ccc4c5c(c(=O)oc4c3)CCC5)n2)cc1. The van der Waals surface area contributed by atoms with Crippen LogP contribution in [0.3, 0.4) is 0 Å². The van der Waals surface area contributed by atoms with E-state index in [1.54, 1.807) is 19.2 Å². The minimum Gasteiger partial charge on any atom is -0.497 e. The lowest BCUT2D eigenvalue weighted by molar-refractivity contribution is -0.134. The van der Waals surface area contributed by atoms with Gasteiger partial charge in [-0.05, 0) is 61.2 Å². The Hall–Kier alpha value is -3.94. The second-order valence-corrected chi connectivity index (χ2v) is 7.57. The number of rotatable bonds is 6. The molecule has 0 N–H and O–H groups in total. The van der Waals surface area contributed by atoms with Crippen LogP contribution in [-0.4, -0.2) is 23.2 Å². The Morgan fingerprint density at radius 3 is 2.66 bits per heavy atom. The number of ether oxygens (including phenoxy) is 2. The molecule has 8 nitrogen and oxygen atoms in total. The number of hydrogen-bond donors (Lipinski definition) is 0. The van der Waals surface area contributed by atoms with Crippen molar-refractivity contribution < 1.29 is 23.2 Å². The van der Waals surface area contributed by atoms with E-state index in [9.17, 15) is 9.59 Å². The average Bonchev–Trinajstić information content (AvgIpc) is 3.48. The lowest BCUT2D eigenvalue weighted by Gasteiger charge is -2.07. The van der Waals surface area contributed by atoms with Crippen molar-refractivity contribution in [3.8, 4) is 22.9 Å². The number of aryl methyl sites for hydroxylation is 2. The summed E-state index contributed by atoms with van der Waals surface area (Å²) in [6.45, 7) is 0. The molecule has 8 heteroatoms. The Morgan fingerprint density at radius 2 is 1.84 bits per heavy atom. The molecule has 0 bridgehead atoms. The van der Waals surface area contributed by atoms with Gasteiger partial charge in [-0.2, -0.15) is 4.98 Å². The van der Waals surface area contributed by atoms with Gasteiger partial charge in [0.05, 0.1) is 13.5 Å². The quantitative estimate of drug-likeness (QED) is 0.257. The summed E-state index contributed by atoms with van der Waals surface area (Å²) in [6, 6.07) is 12.4. The molecule has 1 aliphatic carbocycles. The lowest BCUT2D eigenvalue weighted by atomic mass is 10.1. The first-order valence-corrected chi connectivity index (χ1v) is 10.4. The normalized spacial score (nSPS) is 12.7. The highest BCUT2D eigenvalue weighted by atomic mass is 16.5. The van der Waals surface area contributed by atoms with Crippen molar-refractivity contribution in [1.82, 2.24) is 10.1 Å². The smallest absolute Gasteiger partial charge is 0.339 e. The van der Waals surface area contributed by atoms with Crippen molar-refractivity contribution in [2.45, 2.75) is 32.1 Å². The zero-order valence-electron chi connectivity index (χ0n) is 17.4. The maximum atomic E-state index is 12.3. The van der Waals surface area contributed by atoms with Crippen molar-refractivity contribution in [3.05, 3.63) is 69.9 Å². The molecule has 5 rings (SSSR count). The van der Waals surface area contributed by atoms with Crippen LogP contribution in [0.25, 0.3) is 22.4 Å². The number of carbonyl (C=O) groups is 1. The van der Waals surface area contributed by atoms with Crippen LogP contribution in [0.2, 0.25) is 0 Å². The number of carbonyl (C=O) groups excluding carboxylic acids is 1. The summed E-state index contributed by atoms with van der Waals surface area (Å²) in [7, 11) is 1.60. The van der Waals surface area contributed by atoms with Crippen LogP contribution in [0.5, 0.6) is 11.5 Å². The van der Waals surface area contributed by atoms with Gasteiger partial charge in [-0.25, -0.2) is 4.79 Å². The summed E-state index contributed by atoms with van der Waals surface area (Å²) in [4.78, 5) is 28.8. The van der Waals surface area contributed by atoms with Gasteiger partial charge in [0.1, 0.15) is 17.1 Å². The molecule has 0 amide bonds. The fourth-order valence-corrected chi connectivity index (χ4v) is 3.93. The van der Waals surface area contributed by atoms with Crippen molar-refractivity contribution in [2.75, 3.05) is 7.11 Å². The van der Waals surface area contributed by atoms with E-state index in [2.05, 4.69) is 10.1 Å². The van der Waals surface area contributed by atoms with Crippen LogP contribution in [0.1, 0.15) is 29.9 Å². The standard InChI is InChI=1S/C24H20N2O6/c1-29-15-7-5-14(6-8-15)23-25-21(32-26-23)11-12-22(27)30-16-9-10-18-17-3-2-4-19(17)24(28)31-20(18)13-16/h5-10,13H,2-4,11-12H2,1H3. The van der Waals surface area contributed by atoms with Gasteiger partial charge >= 0.3 is 11.6 Å². The van der Waals surface area contributed by atoms with Gasteiger partial charge in [0.2, 0.25) is 11.7 Å². The lowest BCUT2D eigenvalue weighted by Crippen LogP contribution is -2.10. The Bertz CT molecular complexity index is 1350. The maximum Gasteiger partial charge on any atom is 0.339 e. The van der Waals surface area contributed by atoms with Crippen molar-refractivity contribution in [2.24, 2.45) is 0 Å². The van der Waals surface area contributed by atoms with Crippen molar-refractivity contribution >= 4 is 16.9 Å².